The molecule has 3 nitrogen and oxygen atoms in total. The van der Waals surface area contributed by atoms with E-state index < -0.39 is 5.97 Å². The summed E-state index contributed by atoms with van der Waals surface area (Å²) in [7, 11) is 0. The Hall–Kier alpha value is -1.42. The lowest BCUT2D eigenvalue weighted by Crippen LogP contribution is -2.48. The van der Waals surface area contributed by atoms with Crippen molar-refractivity contribution in [3.63, 3.8) is 0 Å². The van der Waals surface area contributed by atoms with Gasteiger partial charge in [-0.25, -0.2) is 4.39 Å². The predicted octanol–water partition coefficient (Wildman–Crippen LogP) is 1.82. The Bertz CT molecular complexity index is 408. The summed E-state index contributed by atoms with van der Waals surface area (Å²) < 4.78 is 13.3. The molecule has 0 amide bonds. The van der Waals surface area contributed by atoms with Crippen LogP contribution in [0, 0.1) is 11.7 Å². The Morgan fingerprint density at radius 2 is 2.18 bits per heavy atom. The summed E-state index contributed by atoms with van der Waals surface area (Å²) in [5, 5.41) is 12.0. The van der Waals surface area contributed by atoms with E-state index in [1.54, 1.807) is 12.1 Å². The SMILES string of the molecule is O=C(O)C1CCC1NCCc1ccccc1F. The lowest BCUT2D eigenvalue weighted by Gasteiger charge is -2.34. The molecular formula is C13H16FNO2. The molecule has 0 aliphatic heterocycles. The molecule has 0 heterocycles. The summed E-state index contributed by atoms with van der Waals surface area (Å²) in [5.74, 6) is -1.20. The molecule has 0 aromatic heterocycles. The number of hydrogen-bond acceptors (Lipinski definition) is 2. The molecule has 0 radical (unpaired) electrons. The summed E-state index contributed by atoms with van der Waals surface area (Å²) >= 11 is 0. The molecule has 1 aliphatic rings. The Morgan fingerprint density at radius 3 is 2.76 bits per heavy atom. The van der Waals surface area contributed by atoms with Crippen molar-refractivity contribution in [3.8, 4) is 0 Å². The van der Waals surface area contributed by atoms with Crippen LogP contribution in [0.5, 0.6) is 0 Å². The van der Waals surface area contributed by atoms with Gasteiger partial charge in [-0.15, -0.1) is 0 Å². The highest BCUT2D eigenvalue weighted by atomic mass is 19.1. The van der Waals surface area contributed by atoms with Crippen LogP contribution < -0.4 is 5.32 Å². The topological polar surface area (TPSA) is 49.3 Å². The molecule has 2 unspecified atom stereocenters. The average molecular weight is 237 g/mol. The second-order valence-corrected chi connectivity index (χ2v) is 4.42. The number of rotatable bonds is 5. The van der Waals surface area contributed by atoms with Crippen LogP contribution in [0.1, 0.15) is 18.4 Å². The van der Waals surface area contributed by atoms with E-state index in [0.717, 1.165) is 12.8 Å². The molecular weight excluding hydrogens is 221 g/mol. The maximum Gasteiger partial charge on any atom is 0.308 e. The van der Waals surface area contributed by atoms with Gasteiger partial charge in [0.05, 0.1) is 5.92 Å². The molecule has 4 heteroatoms. The first kappa shape index (κ1) is 12.0. The molecule has 17 heavy (non-hydrogen) atoms. The zero-order chi connectivity index (χ0) is 12.3. The summed E-state index contributed by atoms with van der Waals surface area (Å²) in [6, 6.07) is 6.73. The van der Waals surface area contributed by atoms with Gasteiger partial charge in [-0.3, -0.25) is 4.79 Å². The zero-order valence-corrected chi connectivity index (χ0v) is 9.53. The van der Waals surface area contributed by atoms with E-state index in [-0.39, 0.29) is 17.8 Å². The summed E-state index contributed by atoms with van der Waals surface area (Å²) in [5.41, 5.74) is 0.672. The minimum absolute atomic E-state index is 0.0549. The molecule has 1 fully saturated rings. The fourth-order valence-electron chi connectivity index (χ4n) is 2.13. The normalized spacial score (nSPS) is 23.1. The van der Waals surface area contributed by atoms with Crippen LogP contribution in [0.3, 0.4) is 0 Å². The lowest BCUT2D eigenvalue weighted by molar-refractivity contribution is -0.146. The summed E-state index contributed by atoms with van der Waals surface area (Å²) in [6.07, 6.45) is 2.23. The van der Waals surface area contributed by atoms with Gasteiger partial charge >= 0.3 is 5.97 Å². The zero-order valence-electron chi connectivity index (χ0n) is 9.53. The van der Waals surface area contributed by atoms with Gasteiger partial charge in [0, 0.05) is 6.04 Å². The van der Waals surface area contributed by atoms with E-state index in [4.69, 9.17) is 5.11 Å². The van der Waals surface area contributed by atoms with Crippen LogP contribution in [-0.2, 0) is 11.2 Å². The van der Waals surface area contributed by atoms with Crippen molar-refractivity contribution in [2.24, 2.45) is 5.92 Å². The van der Waals surface area contributed by atoms with Crippen molar-refractivity contribution in [3.05, 3.63) is 35.6 Å². The summed E-state index contributed by atoms with van der Waals surface area (Å²) in [4.78, 5) is 10.8. The number of nitrogens with one attached hydrogen (secondary N) is 1. The Kier molecular flexibility index (Phi) is 3.74. The molecule has 2 rings (SSSR count). The minimum atomic E-state index is -0.736. The molecule has 1 aromatic carbocycles. The second kappa shape index (κ2) is 5.27. The van der Waals surface area contributed by atoms with Gasteiger partial charge in [-0.05, 0) is 37.4 Å². The van der Waals surface area contributed by atoms with Crippen LogP contribution in [-0.4, -0.2) is 23.7 Å². The van der Waals surface area contributed by atoms with Crippen LogP contribution in [0.15, 0.2) is 24.3 Å². The third-order valence-corrected chi connectivity index (χ3v) is 3.35. The van der Waals surface area contributed by atoms with E-state index in [9.17, 15) is 9.18 Å². The summed E-state index contributed by atoms with van der Waals surface area (Å²) in [6.45, 7) is 0.620. The fraction of sp³-hybridized carbons (Fsp3) is 0.462. The first-order valence-corrected chi connectivity index (χ1v) is 5.88. The largest absolute Gasteiger partial charge is 0.481 e. The second-order valence-electron chi connectivity index (χ2n) is 4.42. The highest BCUT2D eigenvalue weighted by Crippen LogP contribution is 2.27. The molecule has 1 aromatic rings. The van der Waals surface area contributed by atoms with Crippen molar-refractivity contribution >= 4 is 5.97 Å². The van der Waals surface area contributed by atoms with Gasteiger partial charge in [0.25, 0.3) is 0 Å². The predicted molar refractivity (Wildman–Crippen MR) is 62.3 cm³/mol. The smallest absolute Gasteiger partial charge is 0.308 e. The van der Waals surface area contributed by atoms with Crippen LogP contribution in [0.4, 0.5) is 4.39 Å². The molecule has 1 saturated carbocycles. The highest BCUT2D eigenvalue weighted by Gasteiger charge is 2.35. The standard InChI is InChI=1S/C13H16FNO2/c14-11-4-2-1-3-9(11)7-8-15-12-6-5-10(12)13(16)17/h1-4,10,12,15H,5-8H2,(H,16,17). The first-order chi connectivity index (χ1) is 8.18. The van der Waals surface area contributed by atoms with Crippen LogP contribution in [0.25, 0.3) is 0 Å². The fourth-order valence-corrected chi connectivity index (χ4v) is 2.13. The number of carbonyl (C=O) groups is 1. The van der Waals surface area contributed by atoms with Gasteiger partial charge in [-0.2, -0.15) is 0 Å². The number of carboxylic acid groups (broad SMARTS) is 1. The molecule has 2 atom stereocenters. The molecule has 0 spiro atoms. The van der Waals surface area contributed by atoms with Crippen molar-refractivity contribution in [1.29, 1.82) is 0 Å². The minimum Gasteiger partial charge on any atom is -0.481 e. The van der Waals surface area contributed by atoms with E-state index in [2.05, 4.69) is 5.32 Å². The quantitative estimate of drug-likeness (QED) is 0.821. The van der Waals surface area contributed by atoms with Gasteiger partial charge in [0.2, 0.25) is 0 Å². The molecule has 92 valence electrons. The third-order valence-electron chi connectivity index (χ3n) is 3.35. The maximum absolute atomic E-state index is 13.3. The van der Waals surface area contributed by atoms with Gasteiger partial charge < -0.3 is 10.4 Å². The lowest BCUT2D eigenvalue weighted by atomic mass is 9.79. The van der Waals surface area contributed by atoms with Gasteiger partial charge in [0.15, 0.2) is 0 Å². The molecule has 0 saturated heterocycles. The van der Waals surface area contributed by atoms with E-state index in [0.29, 0.717) is 18.5 Å². The molecule has 2 N–H and O–H groups in total. The van der Waals surface area contributed by atoms with Crippen LogP contribution >= 0.6 is 0 Å². The maximum atomic E-state index is 13.3. The number of benzene rings is 1. The van der Waals surface area contributed by atoms with Crippen molar-refractivity contribution in [1.82, 2.24) is 5.32 Å². The first-order valence-electron chi connectivity index (χ1n) is 5.88. The third kappa shape index (κ3) is 2.82. The average Bonchev–Trinajstić information content (AvgIpc) is 2.24. The van der Waals surface area contributed by atoms with Crippen molar-refractivity contribution < 1.29 is 14.3 Å². The highest BCUT2D eigenvalue weighted by molar-refractivity contribution is 5.72. The van der Waals surface area contributed by atoms with Crippen molar-refractivity contribution in [2.75, 3.05) is 6.54 Å². The van der Waals surface area contributed by atoms with Crippen molar-refractivity contribution in [2.45, 2.75) is 25.3 Å². The Morgan fingerprint density at radius 1 is 1.41 bits per heavy atom. The number of carboxylic acids is 1. The van der Waals surface area contributed by atoms with Gasteiger partial charge in [-0.1, -0.05) is 18.2 Å². The molecule has 1 aliphatic carbocycles. The van der Waals surface area contributed by atoms with E-state index in [1.807, 2.05) is 6.07 Å². The monoisotopic (exact) mass is 237 g/mol. The Labute approximate surface area is 99.7 Å². The Balaban J connectivity index is 1.77. The number of aliphatic carboxylic acids is 1. The molecule has 0 bridgehead atoms. The van der Waals surface area contributed by atoms with Gasteiger partial charge in [0.1, 0.15) is 5.82 Å². The number of halogens is 1. The number of hydrogen-bond donors (Lipinski definition) is 2. The van der Waals surface area contributed by atoms with E-state index >= 15 is 0 Å². The van der Waals surface area contributed by atoms with Crippen LogP contribution in [0.2, 0.25) is 0 Å². The van der Waals surface area contributed by atoms with E-state index in [1.165, 1.54) is 6.07 Å².